The lowest BCUT2D eigenvalue weighted by Crippen LogP contribution is -2.36. The molecule has 1 aliphatic rings. The molecule has 2 heterocycles. The first-order valence-electron chi connectivity index (χ1n) is 8.82. The van der Waals surface area contributed by atoms with Gasteiger partial charge < -0.3 is 10.2 Å². The molecule has 5 nitrogen and oxygen atoms in total. The zero-order valence-corrected chi connectivity index (χ0v) is 15.7. The smallest absolute Gasteiger partial charge is 0.272 e. The van der Waals surface area contributed by atoms with Crippen LogP contribution in [0.1, 0.15) is 27.2 Å². The highest BCUT2D eigenvalue weighted by Crippen LogP contribution is 2.23. The van der Waals surface area contributed by atoms with Crippen molar-refractivity contribution in [2.45, 2.75) is 19.9 Å². The van der Waals surface area contributed by atoms with Gasteiger partial charge in [-0.1, -0.05) is 35.9 Å². The van der Waals surface area contributed by atoms with Crippen molar-refractivity contribution >= 4 is 29.1 Å². The Kier molecular flexibility index (Phi) is 4.77. The summed E-state index contributed by atoms with van der Waals surface area (Å²) in [5, 5.41) is 3.84. The molecular weight excluding hydrogens is 360 g/mol. The average molecular weight is 379 g/mol. The predicted octanol–water partition coefficient (Wildman–Crippen LogP) is 4.38. The van der Waals surface area contributed by atoms with E-state index in [1.165, 1.54) is 11.1 Å². The molecule has 0 saturated carbocycles. The van der Waals surface area contributed by atoms with Gasteiger partial charge >= 0.3 is 0 Å². The van der Waals surface area contributed by atoms with E-state index in [-0.39, 0.29) is 5.91 Å². The SMILES string of the molecule is Cc1cc(Cl)ccc1Nc1nccc(C(=O)N2CCc3ccccc3C2)n1. The maximum absolute atomic E-state index is 12.9. The van der Waals surface area contributed by atoms with Crippen molar-refractivity contribution in [2.24, 2.45) is 0 Å². The summed E-state index contributed by atoms with van der Waals surface area (Å²) in [5.74, 6) is 0.312. The number of halogens is 1. The van der Waals surface area contributed by atoms with Gasteiger partial charge in [0.05, 0.1) is 0 Å². The van der Waals surface area contributed by atoms with E-state index in [4.69, 9.17) is 11.6 Å². The van der Waals surface area contributed by atoms with E-state index in [9.17, 15) is 4.79 Å². The second kappa shape index (κ2) is 7.37. The number of fused-ring (bicyclic) bond motifs is 1. The highest BCUT2D eigenvalue weighted by Gasteiger charge is 2.22. The van der Waals surface area contributed by atoms with Crippen molar-refractivity contribution in [3.8, 4) is 0 Å². The highest BCUT2D eigenvalue weighted by atomic mass is 35.5. The Morgan fingerprint density at radius 2 is 1.96 bits per heavy atom. The van der Waals surface area contributed by atoms with Crippen molar-refractivity contribution in [1.29, 1.82) is 0 Å². The van der Waals surface area contributed by atoms with Gasteiger partial charge in [-0.3, -0.25) is 4.79 Å². The molecule has 4 rings (SSSR count). The van der Waals surface area contributed by atoms with Gasteiger partial charge in [0, 0.05) is 30.0 Å². The molecule has 0 bridgehead atoms. The second-order valence-corrected chi connectivity index (χ2v) is 7.03. The number of nitrogens with one attached hydrogen (secondary N) is 1. The lowest BCUT2D eigenvalue weighted by molar-refractivity contribution is 0.0728. The van der Waals surface area contributed by atoms with Gasteiger partial charge in [-0.25, -0.2) is 9.97 Å². The molecule has 1 aliphatic heterocycles. The van der Waals surface area contributed by atoms with Crippen LogP contribution in [0.4, 0.5) is 11.6 Å². The molecule has 1 amide bonds. The number of amides is 1. The number of nitrogens with zero attached hydrogens (tertiary/aromatic N) is 3. The molecule has 3 aromatic rings. The summed E-state index contributed by atoms with van der Waals surface area (Å²) in [6.45, 7) is 3.26. The fraction of sp³-hybridized carbons (Fsp3) is 0.190. The zero-order valence-electron chi connectivity index (χ0n) is 14.9. The Bertz CT molecular complexity index is 1000. The zero-order chi connectivity index (χ0) is 18.8. The number of hydrogen-bond donors (Lipinski definition) is 1. The summed E-state index contributed by atoms with van der Waals surface area (Å²) in [5.41, 5.74) is 4.73. The van der Waals surface area contributed by atoms with Crippen LogP contribution in [0.15, 0.2) is 54.7 Å². The number of rotatable bonds is 3. The largest absolute Gasteiger partial charge is 0.333 e. The standard InChI is InChI=1S/C21H19ClN4O/c1-14-12-17(22)6-7-18(14)24-21-23-10-8-19(25-21)20(27)26-11-9-15-4-2-3-5-16(15)13-26/h2-8,10,12H,9,11,13H2,1H3,(H,23,24,25). The number of aryl methyl sites for hydroxylation is 1. The van der Waals surface area contributed by atoms with Crippen LogP contribution in [-0.4, -0.2) is 27.3 Å². The monoisotopic (exact) mass is 378 g/mol. The molecule has 0 atom stereocenters. The number of aromatic nitrogens is 2. The fourth-order valence-corrected chi connectivity index (χ4v) is 3.48. The van der Waals surface area contributed by atoms with Gasteiger partial charge in [0.1, 0.15) is 5.69 Å². The molecular formula is C21H19ClN4O. The van der Waals surface area contributed by atoms with Crippen LogP contribution in [0.3, 0.4) is 0 Å². The molecule has 136 valence electrons. The lowest BCUT2D eigenvalue weighted by atomic mass is 10.00. The van der Waals surface area contributed by atoms with E-state index in [1.54, 1.807) is 18.3 Å². The molecule has 0 spiro atoms. The van der Waals surface area contributed by atoms with Crippen molar-refractivity contribution in [3.05, 3.63) is 82.1 Å². The van der Waals surface area contributed by atoms with Gasteiger partial charge in [-0.2, -0.15) is 0 Å². The van der Waals surface area contributed by atoms with E-state index in [2.05, 4.69) is 27.4 Å². The maximum Gasteiger partial charge on any atom is 0.272 e. The molecule has 0 aliphatic carbocycles. The lowest BCUT2D eigenvalue weighted by Gasteiger charge is -2.28. The molecule has 0 saturated heterocycles. The van der Waals surface area contributed by atoms with Crippen LogP contribution in [-0.2, 0) is 13.0 Å². The third-order valence-electron chi connectivity index (χ3n) is 4.73. The summed E-state index contributed by atoms with van der Waals surface area (Å²) in [7, 11) is 0. The van der Waals surface area contributed by atoms with Crippen LogP contribution in [0, 0.1) is 6.92 Å². The number of anilines is 2. The van der Waals surface area contributed by atoms with Crippen LogP contribution in [0.2, 0.25) is 5.02 Å². The summed E-state index contributed by atoms with van der Waals surface area (Å²) in [6.07, 6.45) is 2.47. The van der Waals surface area contributed by atoms with E-state index in [0.29, 0.717) is 29.8 Å². The van der Waals surface area contributed by atoms with E-state index < -0.39 is 0 Å². The van der Waals surface area contributed by atoms with Crippen LogP contribution in [0.5, 0.6) is 0 Å². The topological polar surface area (TPSA) is 58.1 Å². The van der Waals surface area contributed by atoms with Gasteiger partial charge in [0.2, 0.25) is 5.95 Å². The molecule has 0 fully saturated rings. The summed E-state index contributed by atoms with van der Waals surface area (Å²) >= 11 is 6.00. The Morgan fingerprint density at radius 3 is 2.78 bits per heavy atom. The second-order valence-electron chi connectivity index (χ2n) is 6.60. The summed E-state index contributed by atoms with van der Waals surface area (Å²) in [6, 6.07) is 15.4. The van der Waals surface area contributed by atoms with Gasteiger partial charge in [-0.15, -0.1) is 0 Å². The fourth-order valence-electron chi connectivity index (χ4n) is 3.26. The Labute approximate surface area is 163 Å². The first-order valence-corrected chi connectivity index (χ1v) is 9.20. The molecule has 0 radical (unpaired) electrons. The van der Waals surface area contributed by atoms with Crippen molar-refractivity contribution in [2.75, 3.05) is 11.9 Å². The van der Waals surface area contributed by atoms with Crippen LogP contribution >= 0.6 is 11.6 Å². The first-order chi connectivity index (χ1) is 13.1. The molecule has 1 aromatic heterocycles. The Morgan fingerprint density at radius 1 is 1.15 bits per heavy atom. The first kappa shape index (κ1) is 17.5. The van der Waals surface area contributed by atoms with Gasteiger partial charge in [0.15, 0.2) is 0 Å². The van der Waals surface area contributed by atoms with E-state index >= 15 is 0 Å². The Hall–Kier alpha value is -2.92. The summed E-state index contributed by atoms with van der Waals surface area (Å²) < 4.78 is 0. The average Bonchev–Trinajstić information content (AvgIpc) is 2.69. The molecule has 6 heteroatoms. The minimum Gasteiger partial charge on any atom is -0.333 e. The molecule has 0 unspecified atom stereocenters. The van der Waals surface area contributed by atoms with Crippen LogP contribution in [0.25, 0.3) is 0 Å². The van der Waals surface area contributed by atoms with Crippen molar-refractivity contribution < 1.29 is 4.79 Å². The quantitative estimate of drug-likeness (QED) is 0.734. The van der Waals surface area contributed by atoms with Gasteiger partial charge in [-0.05, 0) is 54.3 Å². The van der Waals surface area contributed by atoms with E-state index in [1.807, 2.05) is 36.1 Å². The molecule has 2 aromatic carbocycles. The Balaban J connectivity index is 1.53. The molecule has 1 N–H and O–H groups in total. The highest BCUT2D eigenvalue weighted by molar-refractivity contribution is 6.30. The minimum absolute atomic E-state index is 0.0808. The number of benzene rings is 2. The predicted molar refractivity (Wildman–Crippen MR) is 106 cm³/mol. The van der Waals surface area contributed by atoms with Crippen molar-refractivity contribution in [1.82, 2.24) is 14.9 Å². The number of carbonyl (C=O) groups excluding carboxylic acids is 1. The normalized spacial score (nSPS) is 13.2. The third-order valence-corrected chi connectivity index (χ3v) is 4.96. The number of hydrogen-bond acceptors (Lipinski definition) is 4. The number of carbonyl (C=O) groups is 1. The third kappa shape index (κ3) is 3.78. The van der Waals surface area contributed by atoms with Gasteiger partial charge in [0.25, 0.3) is 5.91 Å². The molecule has 27 heavy (non-hydrogen) atoms. The minimum atomic E-state index is -0.0808. The summed E-state index contributed by atoms with van der Waals surface area (Å²) in [4.78, 5) is 23.4. The van der Waals surface area contributed by atoms with Crippen molar-refractivity contribution in [3.63, 3.8) is 0 Å². The van der Waals surface area contributed by atoms with E-state index in [0.717, 1.165) is 17.7 Å². The van der Waals surface area contributed by atoms with Crippen LogP contribution < -0.4 is 5.32 Å². The maximum atomic E-state index is 12.9.